The number of nitrogens with one attached hydrogen (secondary N) is 1. The van der Waals surface area contributed by atoms with Crippen molar-refractivity contribution in [2.24, 2.45) is 17.8 Å². The summed E-state index contributed by atoms with van der Waals surface area (Å²) in [6.07, 6.45) is 0.138. The minimum atomic E-state index is -1.83. The highest BCUT2D eigenvalue weighted by molar-refractivity contribution is 7.44. The van der Waals surface area contributed by atoms with Gasteiger partial charge in [-0.3, -0.25) is 9.32 Å². The first kappa shape index (κ1) is 41.3. The molecule has 7 atom stereocenters. The molecule has 0 radical (unpaired) electrons. The van der Waals surface area contributed by atoms with Crippen LogP contribution in [0.5, 0.6) is 11.5 Å². The molecule has 1 saturated heterocycles. The number of methoxy groups -OCH3 is 2. The van der Waals surface area contributed by atoms with Crippen LogP contribution in [0, 0.1) is 29.1 Å². The van der Waals surface area contributed by atoms with Crippen LogP contribution in [0.1, 0.15) is 70.4 Å². The second-order valence-electron chi connectivity index (χ2n) is 15.3. The van der Waals surface area contributed by atoms with Crippen molar-refractivity contribution < 1.29 is 28.0 Å². The molecule has 2 aliphatic rings. The van der Waals surface area contributed by atoms with E-state index in [1.807, 2.05) is 78.9 Å². The lowest BCUT2D eigenvalue weighted by Crippen LogP contribution is -2.44. The van der Waals surface area contributed by atoms with Gasteiger partial charge in [-0.1, -0.05) is 61.5 Å². The number of aromatic nitrogens is 4. The third-order valence-corrected chi connectivity index (χ3v) is 13.3. The molecule has 0 amide bonds. The van der Waals surface area contributed by atoms with Crippen LogP contribution >= 0.6 is 8.53 Å². The van der Waals surface area contributed by atoms with Gasteiger partial charge in [-0.15, -0.1) is 0 Å². The maximum Gasteiger partial charge on any atom is 0.283 e. The average Bonchev–Trinajstić information content (AvgIpc) is 3.93. The molecular formula is C43H52N7O7P. The van der Waals surface area contributed by atoms with Crippen LogP contribution in [0.25, 0.3) is 11.2 Å². The van der Waals surface area contributed by atoms with Crippen LogP contribution < -0.4 is 20.8 Å². The van der Waals surface area contributed by atoms with E-state index in [9.17, 15) is 10.1 Å². The number of H-pyrrole nitrogens is 1. The van der Waals surface area contributed by atoms with E-state index in [-0.39, 0.29) is 59.6 Å². The Balaban J connectivity index is 1.44. The number of aromatic amines is 1. The van der Waals surface area contributed by atoms with E-state index in [0.29, 0.717) is 17.9 Å². The topological polar surface area (TPSA) is 172 Å². The number of fused-ring (bicyclic) bond motifs is 3. The van der Waals surface area contributed by atoms with Gasteiger partial charge in [0, 0.05) is 23.9 Å². The number of anilines is 1. The Morgan fingerprint density at radius 2 is 1.59 bits per heavy atom. The van der Waals surface area contributed by atoms with E-state index in [4.69, 9.17) is 33.7 Å². The molecule has 2 bridgehead atoms. The highest BCUT2D eigenvalue weighted by atomic mass is 31.2. The summed E-state index contributed by atoms with van der Waals surface area (Å²) in [5.74, 6) is 0.731. The fourth-order valence-corrected chi connectivity index (χ4v) is 10.4. The molecule has 1 saturated carbocycles. The molecule has 0 spiro atoms. The van der Waals surface area contributed by atoms with Crippen LogP contribution in [0.15, 0.2) is 90.0 Å². The summed E-state index contributed by atoms with van der Waals surface area (Å²) in [6.45, 7) is 10.7. The minimum Gasteiger partial charge on any atom is -0.497 e. The van der Waals surface area contributed by atoms with Crippen molar-refractivity contribution in [3.8, 4) is 17.6 Å². The predicted molar refractivity (Wildman–Crippen MR) is 221 cm³/mol. The fraction of sp³-hybridized carbons (Fsp3) is 0.442. The van der Waals surface area contributed by atoms with Gasteiger partial charge < -0.3 is 34.2 Å². The van der Waals surface area contributed by atoms with Crippen molar-refractivity contribution in [3.05, 3.63) is 112 Å². The van der Waals surface area contributed by atoms with Crippen LogP contribution in [-0.2, 0) is 24.1 Å². The van der Waals surface area contributed by atoms with Crippen molar-refractivity contribution in [3.63, 3.8) is 0 Å². The SMILES string of the molecule is COc1ccc(C(OC(OP(OCCC#N)N(C(C)C)C(C)C)[C@H]2[C@H]3[C@H](C)C[C@H]2O[C@H]3n2c(N)nc3nc[nH]c3c2=O)(c2ccccc2)c2ccc(OC)cc2)cc1. The van der Waals surface area contributed by atoms with Gasteiger partial charge in [-0.05, 0) is 81.0 Å². The van der Waals surface area contributed by atoms with Crippen molar-refractivity contribution in [1.29, 1.82) is 5.26 Å². The predicted octanol–water partition coefficient (Wildman–Crippen LogP) is 7.52. The number of nitriles is 1. The van der Waals surface area contributed by atoms with E-state index >= 15 is 0 Å². The summed E-state index contributed by atoms with van der Waals surface area (Å²) in [5.41, 5.74) is 7.88. The number of imidazole rings is 1. The van der Waals surface area contributed by atoms with Gasteiger partial charge in [0.15, 0.2) is 17.5 Å². The summed E-state index contributed by atoms with van der Waals surface area (Å²) in [4.78, 5) is 25.6. The number of ether oxygens (including phenoxy) is 4. The van der Waals surface area contributed by atoms with Crippen molar-refractivity contribution in [1.82, 2.24) is 24.2 Å². The summed E-state index contributed by atoms with van der Waals surface area (Å²) in [5, 5.41) is 9.55. The number of hydrogen-bond acceptors (Lipinski definition) is 12. The lowest BCUT2D eigenvalue weighted by Gasteiger charge is -2.43. The molecule has 58 heavy (non-hydrogen) atoms. The Morgan fingerprint density at radius 3 is 2.16 bits per heavy atom. The highest BCUT2D eigenvalue weighted by Crippen LogP contribution is 2.59. The normalized spacial score (nSPS) is 21.5. The van der Waals surface area contributed by atoms with E-state index in [0.717, 1.165) is 16.7 Å². The van der Waals surface area contributed by atoms with E-state index in [1.165, 1.54) is 10.9 Å². The molecule has 1 aliphatic heterocycles. The second kappa shape index (κ2) is 17.5. The van der Waals surface area contributed by atoms with Gasteiger partial charge in [0.05, 0.1) is 45.7 Å². The first-order valence-corrected chi connectivity index (χ1v) is 20.8. The molecule has 3 aromatic carbocycles. The van der Waals surface area contributed by atoms with Gasteiger partial charge in [0.25, 0.3) is 14.1 Å². The molecular weight excluding hydrogens is 757 g/mol. The Hall–Kier alpha value is -4.87. The Bertz CT molecular complexity index is 2190. The third kappa shape index (κ3) is 7.71. The van der Waals surface area contributed by atoms with Gasteiger partial charge in [0.2, 0.25) is 5.95 Å². The van der Waals surface area contributed by atoms with Gasteiger partial charge >= 0.3 is 0 Å². The zero-order valence-electron chi connectivity index (χ0n) is 33.9. The lowest BCUT2D eigenvalue weighted by molar-refractivity contribution is -0.183. The molecule has 1 aliphatic carbocycles. The number of nitrogens with zero attached hydrogens (tertiary/aromatic N) is 5. The standard InChI is InChI=1S/C43H52N7O7P/c1-26(2)50(27(3)4)58(54-23-11-22-44)57-41(36-34-24-28(5)35(36)40(55-34)49-39(51)37-38(47-25-46-37)48-42(49)45)56-43(29-12-9-8-10-13-29,30-14-18-32(52-6)19-15-30)31-16-20-33(53-7)21-17-31/h8-10,12-21,25-28,34-36,40-41H,11,23-24H2,1-7H3,(H2,45,48)(H,46,47)/t28-,34-,35-,36-,40-,41?,58?/m1/s1. The molecule has 3 heterocycles. The van der Waals surface area contributed by atoms with E-state index < -0.39 is 38.7 Å². The van der Waals surface area contributed by atoms with Crippen LogP contribution in [0.3, 0.4) is 0 Å². The Labute approximate surface area is 340 Å². The zero-order chi connectivity index (χ0) is 41.1. The summed E-state index contributed by atoms with van der Waals surface area (Å²) in [7, 11) is 1.45. The summed E-state index contributed by atoms with van der Waals surface area (Å²) >= 11 is 0. The van der Waals surface area contributed by atoms with Gasteiger partial charge in [0.1, 0.15) is 23.3 Å². The number of hydrogen-bond donors (Lipinski definition) is 2. The fourth-order valence-electron chi connectivity index (χ4n) is 8.70. The van der Waals surface area contributed by atoms with Crippen molar-refractivity contribution >= 4 is 25.6 Å². The molecule has 2 unspecified atom stereocenters. The van der Waals surface area contributed by atoms with Crippen molar-refractivity contribution in [2.75, 3.05) is 26.6 Å². The molecule has 306 valence electrons. The Kier molecular flexibility index (Phi) is 12.5. The maximum absolute atomic E-state index is 14.1. The minimum absolute atomic E-state index is 0.00876. The van der Waals surface area contributed by atoms with Crippen LogP contribution in [-0.4, -0.2) is 69.5 Å². The molecule has 7 rings (SSSR count). The number of rotatable bonds is 17. The smallest absolute Gasteiger partial charge is 0.283 e. The monoisotopic (exact) mass is 809 g/mol. The van der Waals surface area contributed by atoms with Crippen molar-refractivity contribution in [2.45, 2.75) is 83.8 Å². The van der Waals surface area contributed by atoms with Crippen LogP contribution in [0.4, 0.5) is 5.95 Å². The highest BCUT2D eigenvalue weighted by Gasteiger charge is 2.60. The first-order chi connectivity index (χ1) is 28.0. The summed E-state index contributed by atoms with van der Waals surface area (Å²) < 4.78 is 43.4. The van der Waals surface area contributed by atoms with Crippen LogP contribution in [0.2, 0.25) is 0 Å². The first-order valence-electron chi connectivity index (χ1n) is 19.7. The average molecular weight is 810 g/mol. The lowest BCUT2D eigenvalue weighted by atomic mass is 9.79. The van der Waals surface area contributed by atoms with E-state index in [2.05, 4.69) is 60.3 Å². The van der Waals surface area contributed by atoms with Gasteiger partial charge in [-0.25, -0.2) is 14.2 Å². The molecule has 2 fully saturated rings. The molecule has 14 nitrogen and oxygen atoms in total. The maximum atomic E-state index is 14.1. The molecule has 3 N–H and O–H groups in total. The number of nitrogens with two attached hydrogens (primary N) is 1. The molecule has 5 aromatic rings. The number of benzene rings is 3. The zero-order valence-corrected chi connectivity index (χ0v) is 34.8. The third-order valence-electron chi connectivity index (χ3n) is 11.2. The Morgan fingerprint density at radius 1 is 0.983 bits per heavy atom. The number of nitrogen functional groups attached to an aromatic ring is 1. The summed E-state index contributed by atoms with van der Waals surface area (Å²) in [6, 6.07) is 28.0. The largest absolute Gasteiger partial charge is 0.497 e. The van der Waals surface area contributed by atoms with E-state index in [1.54, 1.807) is 14.2 Å². The quantitative estimate of drug-likeness (QED) is 0.0410. The second-order valence-corrected chi connectivity index (χ2v) is 16.7. The molecule has 15 heteroatoms. The molecule has 2 aromatic heterocycles. The van der Waals surface area contributed by atoms with Gasteiger partial charge in [-0.2, -0.15) is 10.2 Å².